The van der Waals surface area contributed by atoms with Crippen LogP contribution >= 0.6 is 11.6 Å². The highest BCUT2D eigenvalue weighted by Crippen LogP contribution is 2.32. The van der Waals surface area contributed by atoms with Gasteiger partial charge in [-0.2, -0.15) is 13.2 Å². The van der Waals surface area contributed by atoms with Crippen LogP contribution in [0.2, 0.25) is 5.02 Å². The van der Waals surface area contributed by atoms with Gasteiger partial charge in [0.05, 0.1) is 6.20 Å². The van der Waals surface area contributed by atoms with Gasteiger partial charge < -0.3 is 10.1 Å². The van der Waals surface area contributed by atoms with Gasteiger partial charge in [-0.25, -0.2) is 9.78 Å². The fourth-order valence-electron chi connectivity index (χ4n) is 2.30. The number of nitrogens with zero attached hydrogens (tertiary/aromatic N) is 2. The molecule has 2 heterocycles. The molecule has 144 valence electrons. The molecule has 0 amide bonds. The third kappa shape index (κ3) is 4.58. The molecule has 0 saturated heterocycles. The number of pyridine rings is 2. The summed E-state index contributed by atoms with van der Waals surface area (Å²) in [4.78, 5) is 19.9. The lowest BCUT2D eigenvalue weighted by molar-refractivity contribution is -0.141. The number of halogens is 4. The highest BCUT2D eigenvalue weighted by molar-refractivity contribution is 6.30. The number of hydrogen-bond acceptors (Lipinski definition) is 5. The molecule has 3 aromatic rings. The molecule has 0 aliphatic carbocycles. The third-order valence-electron chi connectivity index (χ3n) is 3.70. The standard InChI is InChI=1S/C19H13ClF3N3O2/c1-11-4-5-12(20)9-15(11)25-17-14(6-7-16(26-17)19(21,22)23)18(27)28-13-3-2-8-24-10-13/h2-10H,1H3,(H,25,26). The average Bonchev–Trinajstić information content (AvgIpc) is 2.64. The predicted molar refractivity (Wildman–Crippen MR) is 97.9 cm³/mol. The number of carbonyl (C=O) groups excluding carboxylic acids is 1. The number of esters is 1. The van der Waals surface area contributed by atoms with E-state index in [0.717, 1.165) is 12.1 Å². The molecule has 0 saturated carbocycles. The number of aromatic nitrogens is 2. The Labute approximate surface area is 163 Å². The maximum Gasteiger partial charge on any atom is 0.433 e. The number of anilines is 2. The van der Waals surface area contributed by atoms with Crippen LogP contribution in [0.4, 0.5) is 24.7 Å². The van der Waals surface area contributed by atoms with E-state index >= 15 is 0 Å². The van der Waals surface area contributed by atoms with Gasteiger partial charge in [0.1, 0.15) is 22.8 Å². The zero-order valence-electron chi connectivity index (χ0n) is 14.4. The van der Waals surface area contributed by atoms with Gasteiger partial charge in [0.15, 0.2) is 0 Å². The topological polar surface area (TPSA) is 64.1 Å². The van der Waals surface area contributed by atoms with Crippen molar-refractivity contribution in [3.8, 4) is 5.75 Å². The molecular weight excluding hydrogens is 395 g/mol. The molecule has 2 aromatic heterocycles. The van der Waals surface area contributed by atoms with Crippen molar-refractivity contribution in [1.82, 2.24) is 9.97 Å². The summed E-state index contributed by atoms with van der Waals surface area (Å²) in [7, 11) is 0. The summed E-state index contributed by atoms with van der Waals surface area (Å²) >= 11 is 5.96. The molecule has 0 fully saturated rings. The van der Waals surface area contributed by atoms with Crippen molar-refractivity contribution in [3.05, 3.63) is 76.7 Å². The van der Waals surface area contributed by atoms with E-state index in [1.54, 1.807) is 25.1 Å². The number of rotatable bonds is 4. The minimum absolute atomic E-state index is 0.150. The Balaban J connectivity index is 2.01. The lowest BCUT2D eigenvalue weighted by Crippen LogP contribution is -2.16. The first-order chi connectivity index (χ1) is 13.2. The molecule has 0 spiro atoms. The zero-order valence-corrected chi connectivity index (χ0v) is 15.2. The van der Waals surface area contributed by atoms with Crippen molar-refractivity contribution < 1.29 is 22.7 Å². The van der Waals surface area contributed by atoms with Gasteiger partial charge >= 0.3 is 12.1 Å². The Morgan fingerprint density at radius 3 is 2.64 bits per heavy atom. The Hall–Kier alpha value is -3.13. The van der Waals surface area contributed by atoms with Crippen LogP contribution in [0.1, 0.15) is 21.6 Å². The molecule has 0 bridgehead atoms. The summed E-state index contributed by atoms with van der Waals surface area (Å²) in [5, 5.41) is 3.12. The maximum atomic E-state index is 13.1. The number of aryl methyl sites for hydroxylation is 1. The van der Waals surface area contributed by atoms with Gasteiger partial charge in [0.25, 0.3) is 0 Å². The summed E-state index contributed by atoms with van der Waals surface area (Å²) in [5.41, 5.74) is -0.200. The highest BCUT2D eigenvalue weighted by Gasteiger charge is 2.34. The first-order valence-corrected chi connectivity index (χ1v) is 8.35. The second-order valence-corrected chi connectivity index (χ2v) is 6.19. The van der Waals surface area contributed by atoms with Crippen LogP contribution in [-0.2, 0) is 6.18 Å². The second kappa shape index (κ2) is 7.85. The van der Waals surface area contributed by atoms with Crippen molar-refractivity contribution >= 4 is 29.1 Å². The van der Waals surface area contributed by atoms with Crippen LogP contribution in [0, 0.1) is 6.92 Å². The smallest absolute Gasteiger partial charge is 0.421 e. The van der Waals surface area contributed by atoms with Crippen LogP contribution in [0.5, 0.6) is 5.75 Å². The van der Waals surface area contributed by atoms with Gasteiger partial charge in [-0.15, -0.1) is 0 Å². The highest BCUT2D eigenvalue weighted by atomic mass is 35.5. The normalized spacial score (nSPS) is 11.2. The molecule has 28 heavy (non-hydrogen) atoms. The van der Waals surface area contributed by atoms with E-state index in [-0.39, 0.29) is 17.1 Å². The van der Waals surface area contributed by atoms with Crippen molar-refractivity contribution in [2.75, 3.05) is 5.32 Å². The van der Waals surface area contributed by atoms with Gasteiger partial charge in [-0.1, -0.05) is 17.7 Å². The largest absolute Gasteiger partial charge is 0.433 e. The van der Waals surface area contributed by atoms with Gasteiger partial charge in [0, 0.05) is 16.9 Å². The second-order valence-electron chi connectivity index (χ2n) is 5.75. The van der Waals surface area contributed by atoms with E-state index in [0.29, 0.717) is 16.3 Å². The van der Waals surface area contributed by atoms with Crippen LogP contribution < -0.4 is 10.1 Å². The lowest BCUT2D eigenvalue weighted by atomic mass is 10.1. The van der Waals surface area contributed by atoms with Crippen LogP contribution in [-0.4, -0.2) is 15.9 Å². The van der Waals surface area contributed by atoms with Crippen molar-refractivity contribution in [1.29, 1.82) is 0 Å². The molecular formula is C19H13ClF3N3O2. The Morgan fingerprint density at radius 2 is 1.96 bits per heavy atom. The average molecular weight is 408 g/mol. The molecule has 5 nitrogen and oxygen atoms in total. The molecule has 0 aliphatic rings. The number of carbonyl (C=O) groups is 1. The number of benzene rings is 1. The minimum Gasteiger partial charge on any atom is -0.421 e. The number of hydrogen-bond donors (Lipinski definition) is 1. The number of nitrogens with one attached hydrogen (secondary N) is 1. The Kier molecular flexibility index (Phi) is 5.51. The molecule has 0 unspecified atom stereocenters. The molecule has 0 atom stereocenters. The van der Waals surface area contributed by atoms with E-state index in [9.17, 15) is 18.0 Å². The zero-order chi connectivity index (χ0) is 20.3. The van der Waals surface area contributed by atoms with Crippen molar-refractivity contribution in [2.24, 2.45) is 0 Å². The predicted octanol–water partition coefficient (Wildman–Crippen LogP) is 5.42. The maximum absolute atomic E-state index is 13.1. The first-order valence-electron chi connectivity index (χ1n) is 7.97. The monoisotopic (exact) mass is 407 g/mol. The van der Waals surface area contributed by atoms with Crippen molar-refractivity contribution in [2.45, 2.75) is 13.1 Å². The summed E-state index contributed by atoms with van der Waals surface area (Å²) in [6, 6.07) is 9.63. The first kappa shape index (κ1) is 19.6. The van der Waals surface area contributed by atoms with Gasteiger partial charge in [-0.05, 0) is 48.9 Å². The SMILES string of the molecule is Cc1ccc(Cl)cc1Nc1nc(C(F)(F)F)ccc1C(=O)Oc1cccnc1. The molecule has 3 rings (SSSR count). The summed E-state index contributed by atoms with van der Waals surface area (Å²) in [6.45, 7) is 1.74. The van der Waals surface area contributed by atoms with Gasteiger partial charge in [0.2, 0.25) is 0 Å². The summed E-state index contributed by atoms with van der Waals surface area (Å²) in [6.07, 6.45) is -1.87. The summed E-state index contributed by atoms with van der Waals surface area (Å²) in [5.74, 6) is -1.03. The van der Waals surface area contributed by atoms with E-state index in [1.807, 2.05) is 0 Å². The molecule has 1 N–H and O–H groups in total. The number of ether oxygens (including phenoxy) is 1. The van der Waals surface area contributed by atoms with E-state index in [4.69, 9.17) is 16.3 Å². The molecule has 0 aliphatic heterocycles. The molecule has 1 aromatic carbocycles. The van der Waals surface area contributed by atoms with E-state index in [1.165, 1.54) is 24.5 Å². The van der Waals surface area contributed by atoms with E-state index < -0.39 is 17.8 Å². The van der Waals surface area contributed by atoms with E-state index in [2.05, 4.69) is 15.3 Å². The van der Waals surface area contributed by atoms with Crippen LogP contribution in [0.25, 0.3) is 0 Å². The third-order valence-corrected chi connectivity index (χ3v) is 3.94. The van der Waals surface area contributed by atoms with Gasteiger partial charge in [-0.3, -0.25) is 4.98 Å². The van der Waals surface area contributed by atoms with Crippen LogP contribution in [0.3, 0.4) is 0 Å². The summed E-state index contributed by atoms with van der Waals surface area (Å²) < 4.78 is 44.5. The Morgan fingerprint density at radius 1 is 1.18 bits per heavy atom. The number of alkyl halides is 3. The lowest BCUT2D eigenvalue weighted by Gasteiger charge is -2.15. The Bertz CT molecular complexity index is 1010. The van der Waals surface area contributed by atoms with Crippen molar-refractivity contribution in [3.63, 3.8) is 0 Å². The quantitative estimate of drug-likeness (QED) is 0.585. The van der Waals surface area contributed by atoms with Crippen LogP contribution in [0.15, 0.2) is 54.9 Å². The molecule has 0 radical (unpaired) electrons. The molecule has 9 heteroatoms. The minimum atomic E-state index is -4.68. The fourth-order valence-corrected chi connectivity index (χ4v) is 2.48. The fraction of sp³-hybridized carbons (Fsp3) is 0.105.